The Labute approximate surface area is 142 Å². The molecule has 0 heterocycles. The van der Waals surface area contributed by atoms with Gasteiger partial charge in [-0.25, -0.2) is 0 Å². The predicted molar refractivity (Wildman–Crippen MR) is 91.9 cm³/mol. The largest absolute Gasteiger partial charge is 0.325 e. The van der Waals surface area contributed by atoms with E-state index in [9.17, 15) is 9.59 Å². The molecule has 0 aliphatic rings. The molecule has 0 fully saturated rings. The lowest BCUT2D eigenvalue weighted by molar-refractivity contribution is -0.123. The van der Waals surface area contributed by atoms with Gasteiger partial charge in [0.05, 0.1) is 11.3 Å². The van der Waals surface area contributed by atoms with Crippen molar-refractivity contribution in [3.8, 4) is 6.07 Å². The molecule has 2 N–H and O–H groups in total. The maximum atomic E-state index is 12.0. The van der Waals surface area contributed by atoms with Crippen molar-refractivity contribution >= 4 is 39.1 Å². The zero-order valence-corrected chi connectivity index (χ0v) is 14.0. The van der Waals surface area contributed by atoms with Crippen LogP contribution in [0.5, 0.6) is 0 Å². The molecule has 0 saturated carbocycles. The van der Waals surface area contributed by atoms with Crippen LogP contribution < -0.4 is 10.6 Å². The van der Waals surface area contributed by atoms with Gasteiger partial charge in [0.15, 0.2) is 0 Å². The summed E-state index contributed by atoms with van der Waals surface area (Å²) < 4.78 is 0.916. The van der Waals surface area contributed by atoms with E-state index in [1.54, 1.807) is 30.3 Å². The highest BCUT2D eigenvalue weighted by molar-refractivity contribution is 9.10. The van der Waals surface area contributed by atoms with Crippen LogP contribution in [0.15, 0.2) is 46.9 Å². The second-order valence-electron chi connectivity index (χ2n) is 4.89. The summed E-state index contributed by atoms with van der Waals surface area (Å²) in [7, 11) is 0. The van der Waals surface area contributed by atoms with Crippen LogP contribution in [0, 0.1) is 18.3 Å². The van der Waals surface area contributed by atoms with Crippen LogP contribution in [0.2, 0.25) is 0 Å². The number of carbonyl (C=O) groups excluding carboxylic acids is 2. The first kappa shape index (κ1) is 16.7. The van der Waals surface area contributed by atoms with E-state index in [4.69, 9.17) is 5.26 Å². The van der Waals surface area contributed by atoms with Gasteiger partial charge in [0.25, 0.3) is 0 Å². The molecule has 0 unspecified atom stereocenters. The lowest BCUT2D eigenvalue weighted by Crippen LogP contribution is -2.22. The fourth-order valence-corrected chi connectivity index (χ4v) is 2.47. The van der Waals surface area contributed by atoms with Gasteiger partial charge in [-0.1, -0.05) is 28.1 Å². The Morgan fingerprint density at radius 3 is 2.39 bits per heavy atom. The highest BCUT2D eigenvalue weighted by Crippen LogP contribution is 2.20. The van der Waals surface area contributed by atoms with Crippen LogP contribution in [-0.2, 0) is 9.59 Å². The van der Waals surface area contributed by atoms with E-state index in [2.05, 4.69) is 26.6 Å². The SMILES string of the molecule is Cc1cc(Br)ccc1NC(=O)CC(=O)Nc1ccccc1C#N. The molecule has 0 aromatic heterocycles. The van der Waals surface area contributed by atoms with Crippen LogP contribution >= 0.6 is 15.9 Å². The molecule has 2 rings (SSSR count). The number of hydrogen-bond donors (Lipinski definition) is 2. The van der Waals surface area contributed by atoms with Crippen molar-refractivity contribution in [1.82, 2.24) is 0 Å². The zero-order chi connectivity index (χ0) is 16.8. The summed E-state index contributed by atoms with van der Waals surface area (Å²) in [6.45, 7) is 1.86. The third-order valence-corrected chi connectivity index (χ3v) is 3.60. The fraction of sp³-hybridized carbons (Fsp3) is 0.118. The average Bonchev–Trinajstić information content (AvgIpc) is 2.50. The summed E-state index contributed by atoms with van der Waals surface area (Å²) in [5, 5.41) is 14.2. The maximum Gasteiger partial charge on any atom is 0.233 e. The van der Waals surface area contributed by atoms with Crippen LogP contribution in [0.25, 0.3) is 0 Å². The lowest BCUT2D eigenvalue weighted by atomic mass is 10.2. The molecule has 23 heavy (non-hydrogen) atoms. The second-order valence-corrected chi connectivity index (χ2v) is 5.81. The maximum absolute atomic E-state index is 12.0. The van der Waals surface area contributed by atoms with Crippen molar-refractivity contribution in [2.24, 2.45) is 0 Å². The molecule has 0 bridgehead atoms. The Morgan fingerprint density at radius 1 is 1.09 bits per heavy atom. The van der Waals surface area contributed by atoms with Crippen molar-refractivity contribution in [3.05, 3.63) is 58.1 Å². The molecule has 6 heteroatoms. The molecule has 0 aliphatic heterocycles. The quantitative estimate of drug-likeness (QED) is 0.805. The van der Waals surface area contributed by atoms with E-state index in [1.165, 1.54) is 0 Å². The number of rotatable bonds is 4. The van der Waals surface area contributed by atoms with Gasteiger partial charge in [-0.15, -0.1) is 0 Å². The number of benzene rings is 2. The van der Waals surface area contributed by atoms with Crippen molar-refractivity contribution in [1.29, 1.82) is 5.26 Å². The number of nitrogens with zero attached hydrogens (tertiary/aromatic N) is 1. The topological polar surface area (TPSA) is 82.0 Å². The van der Waals surface area contributed by atoms with E-state index in [0.717, 1.165) is 10.0 Å². The Bertz CT molecular complexity index is 797. The van der Waals surface area contributed by atoms with Crippen LogP contribution in [0.3, 0.4) is 0 Å². The van der Waals surface area contributed by atoms with Crippen LogP contribution in [0.4, 0.5) is 11.4 Å². The minimum atomic E-state index is -0.472. The van der Waals surface area contributed by atoms with Crippen LogP contribution in [-0.4, -0.2) is 11.8 Å². The standard InChI is InChI=1S/C17H14BrN3O2/c1-11-8-13(18)6-7-14(11)20-16(22)9-17(23)21-15-5-3-2-4-12(15)10-19/h2-8H,9H2,1H3,(H,20,22)(H,21,23). The van der Waals surface area contributed by atoms with Crippen LogP contribution in [0.1, 0.15) is 17.5 Å². The highest BCUT2D eigenvalue weighted by Gasteiger charge is 2.12. The number of hydrogen-bond acceptors (Lipinski definition) is 3. The first-order chi connectivity index (χ1) is 11.0. The van der Waals surface area contributed by atoms with E-state index in [-0.39, 0.29) is 6.42 Å². The summed E-state index contributed by atoms with van der Waals surface area (Å²) in [5.41, 5.74) is 2.30. The van der Waals surface area contributed by atoms with Gasteiger partial charge in [0, 0.05) is 10.2 Å². The molecule has 5 nitrogen and oxygen atoms in total. The summed E-state index contributed by atoms with van der Waals surface area (Å²) in [4.78, 5) is 23.9. The summed E-state index contributed by atoms with van der Waals surface area (Å²) in [5.74, 6) is -0.887. The number of para-hydroxylation sites is 1. The molecule has 2 amide bonds. The van der Waals surface area contributed by atoms with E-state index >= 15 is 0 Å². The number of amides is 2. The first-order valence-electron chi connectivity index (χ1n) is 6.84. The second kappa shape index (κ2) is 7.56. The minimum absolute atomic E-state index is 0.324. The third kappa shape index (κ3) is 4.66. The molecular weight excluding hydrogens is 358 g/mol. The number of aryl methyl sites for hydroxylation is 1. The number of anilines is 2. The monoisotopic (exact) mass is 371 g/mol. The van der Waals surface area contributed by atoms with Crippen molar-refractivity contribution < 1.29 is 9.59 Å². The Balaban J connectivity index is 1.97. The Kier molecular flexibility index (Phi) is 5.50. The number of halogens is 1. The predicted octanol–water partition coefficient (Wildman–Crippen LogP) is 3.60. The lowest BCUT2D eigenvalue weighted by Gasteiger charge is -2.09. The molecule has 0 saturated heterocycles. The van der Waals surface area contributed by atoms with Gasteiger partial charge in [0.2, 0.25) is 11.8 Å². The molecule has 0 spiro atoms. The van der Waals surface area contributed by atoms with E-state index in [1.807, 2.05) is 25.1 Å². The molecule has 0 aliphatic carbocycles. The first-order valence-corrected chi connectivity index (χ1v) is 7.64. The van der Waals surface area contributed by atoms with Crippen molar-refractivity contribution in [2.45, 2.75) is 13.3 Å². The van der Waals surface area contributed by atoms with Gasteiger partial charge in [0.1, 0.15) is 12.5 Å². The molecule has 116 valence electrons. The normalized spacial score (nSPS) is 9.78. The summed E-state index contributed by atoms with van der Waals surface area (Å²) in [6, 6.07) is 14.1. The number of nitriles is 1. The van der Waals surface area contributed by atoms with Gasteiger partial charge in [-0.2, -0.15) is 5.26 Å². The van der Waals surface area contributed by atoms with E-state index in [0.29, 0.717) is 16.9 Å². The number of carbonyl (C=O) groups is 2. The van der Waals surface area contributed by atoms with Gasteiger partial charge in [-0.3, -0.25) is 9.59 Å². The molecule has 2 aromatic carbocycles. The molecule has 2 aromatic rings. The average molecular weight is 372 g/mol. The fourth-order valence-electron chi connectivity index (χ4n) is 1.99. The minimum Gasteiger partial charge on any atom is -0.325 e. The molecular formula is C17H14BrN3O2. The molecule has 0 atom stereocenters. The summed E-state index contributed by atoms with van der Waals surface area (Å²) in [6.07, 6.45) is -0.324. The zero-order valence-electron chi connectivity index (χ0n) is 12.4. The highest BCUT2D eigenvalue weighted by atomic mass is 79.9. The van der Waals surface area contributed by atoms with Crippen molar-refractivity contribution in [3.63, 3.8) is 0 Å². The Hall–Kier alpha value is -2.65. The van der Waals surface area contributed by atoms with Crippen molar-refractivity contribution in [2.75, 3.05) is 10.6 Å². The van der Waals surface area contributed by atoms with E-state index < -0.39 is 11.8 Å². The van der Waals surface area contributed by atoms with Gasteiger partial charge >= 0.3 is 0 Å². The van der Waals surface area contributed by atoms with Gasteiger partial charge in [-0.05, 0) is 42.8 Å². The number of nitrogens with one attached hydrogen (secondary N) is 2. The smallest absolute Gasteiger partial charge is 0.233 e. The van der Waals surface area contributed by atoms with Gasteiger partial charge < -0.3 is 10.6 Å². The summed E-state index contributed by atoms with van der Waals surface area (Å²) >= 11 is 3.35. The Morgan fingerprint density at radius 2 is 1.74 bits per heavy atom. The third-order valence-electron chi connectivity index (χ3n) is 3.11. The molecule has 0 radical (unpaired) electrons.